The van der Waals surface area contributed by atoms with Crippen molar-refractivity contribution < 1.29 is 125 Å². The molecule has 6 saturated carbocycles. The number of aldehydes is 1. The fourth-order valence-electron chi connectivity index (χ4n) is 8.65. The zero-order valence-corrected chi connectivity index (χ0v) is 54.5. The second-order valence-electron chi connectivity index (χ2n) is 18.4. The largest absolute Gasteiger partial charge is 2.00 e. The van der Waals surface area contributed by atoms with Gasteiger partial charge in [-0.05, 0) is 89.1 Å². The molecule has 6 aliphatic rings. The number of aliphatic hydroxyl groups is 2. The van der Waals surface area contributed by atoms with Crippen molar-refractivity contribution in [2.45, 2.75) is 245 Å². The Balaban J connectivity index is -0.0000000608. The molecule has 0 aromatic heterocycles. The number of carbonyl (C=O) groups excluding carboxylic acids is 4. The van der Waals surface area contributed by atoms with Crippen LogP contribution in [-0.2, 0) is 84.8 Å². The average Bonchev–Trinajstić information content (AvgIpc) is 4.15. The van der Waals surface area contributed by atoms with Crippen molar-refractivity contribution in [1.29, 1.82) is 0 Å². The van der Waals surface area contributed by atoms with Crippen molar-refractivity contribution in [2.75, 3.05) is 39.4 Å². The van der Waals surface area contributed by atoms with Crippen molar-refractivity contribution in [3.63, 3.8) is 0 Å². The molecular formula is C57H117BFe3N2NaO9. The molecular weight excluding hydrogens is 1060 g/mol. The summed E-state index contributed by atoms with van der Waals surface area (Å²) >= 11 is 0. The molecule has 6 rings (SSSR count). The Labute approximate surface area is 510 Å². The molecule has 3 radical (unpaired) electrons. The van der Waals surface area contributed by atoms with E-state index in [4.69, 9.17) is 15.9 Å². The number of hydrogen-bond donors (Lipinski definition) is 3. The Morgan fingerprint density at radius 2 is 0.740 bits per heavy atom. The first-order chi connectivity index (χ1) is 30.6. The SMILES string of the molecule is C1CCCC1.C1CCCC1.C1CCCC1.CC(=O)OOC(C)=O.NCCCCCCO.O=CC1CCCC1.OCCCCCCN(CC1CCCC1)CC1CCCC1.[B-]OC(C)=O.[CH3-].[CH3-].[CH3-].[CH3-].[CH3-].[CH3-].[Fe+2].[Fe+2].[Fe+2].[Na+]. The van der Waals surface area contributed by atoms with Gasteiger partial charge in [-0.2, -0.15) is 0 Å². The summed E-state index contributed by atoms with van der Waals surface area (Å²) in [6.45, 7) is 9.04. The quantitative estimate of drug-likeness (QED) is 0.0336. The van der Waals surface area contributed by atoms with Crippen molar-refractivity contribution in [3.8, 4) is 0 Å². The van der Waals surface area contributed by atoms with Crippen molar-refractivity contribution in [2.24, 2.45) is 23.5 Å². The third kappa shape index (κ3) is 84.0. The molecule has 0 aliphatic heterocycles. The molecule has 0 spiro atoms. The van der Waals surface area contributed by atoms with E-state index in [1.807, 2.05) is 0 Å². The summed E-state index contributed by atoms with van der Waals surface area (Å²) in [4.78, 5) is 49.6. The molecule has 0 atom stereocenters. The van der Waals surface area contributed by atoms with Crippen LogP contribution in [0.1, 0.15) is 245 Å². The molecule has 0 unspecified atom stereocenters. The summed E-state index contributed by atoms with van der Waals surface area (Å²) < 4.78 is 3.61. The van der Waals surface area contributed by atoms with Gasteiger partial charge in [0.1, 0.15) is 6.29 Å². The van der Waals surface area contributed by atoms with Gasteiger partial charge in [0, 0.05) is 53.0 Å². The fourth-order valence-corrected chi connectivity index (χ4v) is 8.65. The van der Waals surface area contributed by atoms with Crippen LogP contribution in [-0.4, -0.2) is 86.7 Å². The maximum Gasteiger partial charge on any atom is 2.00 e. The average molecular weight is 1180 g/mol. The molecule has 6 aliphatic carbocycles. The molecule has 437 valence electrons. The first-order valence-corrected chi connectivity index (χ1v) is 26.0. The van der Waals surface area contributed by atoms with E-state index in [-0.39, 0.29) is 125 Å². The van der Waals surface area contributed by atoms with Crippen molar-refractivity contribution in [1.82, 2.24) is 4.90 Å². The molecule has 0 saturated heterocycles. The van der Waals surface area contributed by atoms with Crippen LogP contribution in [0.25, 0.3) is 0 Å². The molecule has 0 bridgehead atoms. The number of carbonyl (C=O) groups is 4. The Morgan fingerprint density at radius 3 is 0.959 bits per heavy atom. The van der Waals surface area contributed by atoms with Crippen LogP contribution in [0, 0.1) is 62.3 Å². The minimum atomic E-state index is -0.639. The Kier molecular flexibility index (Phi) is 117. The third-order valence-corrected chi connectivity index (χ3v) is 12.3. The standard InChI is InChI=1S/C18H35NO.C6H15NO.C6H10O.3C5H10.C4H6O4.C2H3BO2.6CH3.3Fe.Na/c20-14-8-2-1-7-13-19(15-17-9-3-4-10-17)16-18-11-5-6-12-18;7-5-3-1-2-4-6-8;7-5-6-3-1-2-4-6;3*1-2-4-5-3-1;1-3(5)7-8-4(2)6;1-2(4)5-3;;;;;;;;;;/h17-18,20H,1-16H2;8H,1-7H2;5-6H,1-4H2;3*1-5H2;1-2H3;1H3;6*1H3;;;;/q;;;;;;;7*-1;3*+2;+1. The van der Waals surface area contributed by atoms with Crippen LogP contribution in [0.15, 0.2) is 0 Å². The monoisotopic (exact) mass is 1180 g/mol. The van der Waals surface area contributed by atoms with Gasteiger partial charge in [-0.1, -0.05) is 161 Å². The molecule has 16 heteroatoms. The van der Waals surface area contributed by atoms with Gasteiger partial charge in [-0.15, -0.1) is 0 Å². The predicted octanol–water partition coefficient (Wildman–Crippen LogP) is 11.3. The van der Waals surface area contributed by atoms with E-state index in [1.54, 1.807) is 0 Å². The van der Waals surface area contributed by atoms with Gasteiger partial charge in [0.05, 0.1) is 0 Å². The third-order valence-electron chi connectivity index (χ3n) is 12.3. The van der Waals surface area contributed by atoms with Crippen LogP contribution >= 0.6 is 0 Å². The number of aliphatic hydroxyl groups excluding tert-OH is 2. The summed E-state index contributed by atoms with van der Waals surface area (Å²) in [5.74, 6) is 0.660. The second kappa shape index (κ2) is 83.9. The molecule has 0 aromatic carbocycles. The molecule has 11 nitrogen and oxygen atoms in total. The van der Waals surface area contributed by atoms with Gasteiger partial charge in [0.2, 0.25) is 5.97 Å². The first kappa shape index (κ1) is 102. The Hall–Kier alpha value is 0.543. The number of nitrogens with zero attached hydrogens (tertiary/aromatic N) is 1. The second-order valence-corrected chi connectivity index (χ2v) is 18.4. The van der Waals surface area contributed by atoms with Gasteiger partial charge in [0.25, 0.3) is 0 Å². The van der Waals surface area contributed by atoms with E-state index in [9.17, 15) is 19.2 Å². The topological polar surface area (TPSA) is 166 Å². The molecule has 0 heterocycles. The maximum absolute atomic E-state index is 10.0. The summed E-state index contributed by atoms with van der Waals surface area (Å²) in [7, 11) is 4.32. The normalized spacial score (nSPS) is 15.3. The minimum absolute atomic E-state index is 0. The smallest absolute Gasteiger partial charge is 0.793 e. The fraction of sp³-hybridized carbons (Fsp3) is 0.825. The van der Waals surface area contributed by atoms with E-state index in [0.717, 1.165) is 83.5 Å². The van der Waals surface area contributed by atoms with Crippen LogP contribution < -0.4 is 35.3 Å². The van der Waals surface area contributed by atoms with E-state index in [1.165, 1.54) is 206 Å². The van der Waals surface area contributed by atoms with Crippen molar-refractivity contribution in [3.05, 3.63) is 44.6 Å². The van der Waals surface area contributed by atoms with Crippen LogP contribution in [0.3, 0.4) is 0 Å². The minimum Gasteiger partial charge on any atom is -0.793 e. The molecule has 0 aromatic rings. The van der Waals surface area contributed by atoms with Gasteiger partial charge in [0.15, 0.2) is 0 Å². The zero-order valence-electron chi connectivity index (χ0n) is 49.2. The number of nitrogens with two attached hydrogens (primary N) is 1. The van der Waals surface area contributed by atoms with E-state index >= 15 is 0 Å². The van der Waals surface area contributed by atoms with E-state index < -0.39 is 17.9 Å². The Bertz CT molecular complexity index is 921. The number of rotatable bonds is 16. The van der Waals surface area contributed by atoms with Gasteiger partial charge in [-0.25, -0.2) is 19.4 Å². The number of hydrogen-bond acceptors (Lipinski definition) is 11. The number of unbranched alkanes of at least 4 members (excludes halogenated alkanes) is 6. The summed E-state index contributed by atoms with van der Waals surface area (Å²) in [6, 6.07) is 0. The van der Waals surface area contributed by atoms with Crippen LogP contribution in [0.2, 0.25) is 0 Å². The van der Waals surface area contributed by atoms with Crippen LogP contribution in [0.4, 0.5) is 0 Å². The van der Waals surface area contributed by atoms with E-state index in [2.05, 4.69) is 27.4 Å². The first-order valence-electron chi connectivity index (χ1n) is 26.0. The van der Waals surface area contributed by atoms with Crippen LogP contribution in [0.5, 0.6) is 0 Å². The molecule has 4 N–H and O–H groups in total. The molecule has 0 amide bonds. The van der Waals surface area contributed by atoms with Gasteiger partial charge < -0.3 is 82.9 Å². The summed E-state index contributed by atoms with van der Waals surface area (Å²) in [6.07, 6.45) is 49.3. The van der Waals surface area contributed by atoms with Gasteiger partial charge >= 0.3 is 92.7 Å². The van der Waals surface area contributed by atoms with E-state index in [0.29, 0.717) is 19.1 Å². The Morgan fingerprint density at radius 1 is 0.479 bits per heavy atom. The predicted molar refractivity (Wildman–Crippen MR) is 297 cm³/mol. The van der Waals surface area contributed by atoms with Crippen molar-refractivity contribution >= 4 is 32.2 Å². The molecule has 73 heavy (non-hydrogen) atoms. The zero-order chi connectivity index (χ0) is 46.9. The van der Waals surface area contributed by atoms with Gasteiger partial charge in [-0.3, -0.25) is 4.79 Å². The summed E-state index contributed by atoms with van der Waals surface area (Å²) in [5.41, 5.74) is 5.25. The maximum atomic E-state index is 10.0. The summed E-state index contributed by atoms with van der Waals surface area (Å²) in [5, 5.41) is 17.2. The molecule has 6 fully saturated rings.